The van der Waals surface area contributed by atoms with Gasteiger partial charge in [-0.15, -0.1) is 11.3 Å². The van der Waals surface area contributed by atoms with Crippen molar-refractivity contribution in [3.05, 3.63) is 57.5 Å². The predicted octanol–water partition coefficient (Wildman–Crippen LogP) is 5.20. The number of para-hydroxylation sites is 1. The number of halogens is 2. The maximum Gasteiger partial charge on any atom is 0.260 e. The summed E-state index contributed by atoms with van der Waals surface area (Å²) >= 11 is 13.6. The molecule has 130 valence electrons. The van der Waals surface area contributed by atoms with Gasteiger partial charge in [-0.25, -0.2) is 4.98 Å². The molecule has 0 saturated carbocycles. The highest BCUT2D eigenvalue weighted by atomic mass is 35.5. The third kappa shape index (κ3) is 3.89. The van der Waals surface area contributed by atoms with Gasteiger partial charge in [0.2, 0.25) is 0 Å². The van der Waals surface area contributed by atoms with Gasteiger partial charge in [0.15, 0.2) is 6.61 Å². The number of hydrogen-bond donors (Lipinski definition) is 0. The molecular weight excluding hydrogens is 379 g/mol. The van der Waals surface area contributed by atoms with E-state index in [0.717, 1.165) is 15.2 Å². The molecule has 1 aromatic heterocycles. The van der Waals surface area contributed by atoms with E-state index in [-0.39, 0.29) is 18.6 Å². The minimum Gasteiger partial charge on any atom is -0.482 e. The van der Waals surface area contributed by atoms with Crippen molar-refractivity contribution in [2.45, 2.75) is 13.0 Å². The van der Waals surface area contributed by atoms with Crippen molar-refractivity contribution in [3.63, 3.8) is 0 Å². The molecule has 0 aliphatic heterocycles. The van der Waals surface area contributed by atoms with Crippen LogP contribution in [0.25, 0.3) is 10.2 Å². The topological polar surface area (TPSA) is 42.4 Å². The number of likely N-dealkylation sites (N-methyl/N-ethyl adjacent to an activating group) is 1. The quantitative estimate of drug-likeness (QED) is 0.596. The van der Waals surface area contributed by atoms with E-state index in [0.29, 0.717) is 15.8 Å². The fourth-order valence-electron chi connectivity index (χ4n) is 2.29. The minimum atomic E-state index is -0.164. The Morgan fingerprint density at radius 2 is 2.00 bits per heavy atom. The zero-order valence-corrected chi connectivity index (χ0v) is 16.0. The molecule has 0 bridgehead atoms. The van der Waals surface area contributed by atoms with Crippen molar-refractivity contribution >= 4 is 50.7 Å². The molecule has 4 nitrogen and oxygen atoms in total. The maximum atomic E-state index is 12.4. The molecule has 1 amide bonds. The number of fused-ring (bicyclic) bond motifs is 1. The zero-order chi connectivity index (χ0) is 18.0. The molecule has 25 heavy (non-hydrogen) atoms. The summed E-state index contributed by atoms with van der Waals surface area (Å²) < 4.78 is 6.62. The summed E-state index contributed by atoms with van der Waals surface area (Å²) in [6.07, 6.45) is 0. The summed E-state index contributed by atoms with van der Waals surface area (Å²) in [6, 6.07) is 12.8. The second kappa shape index (κ2) is 7.60. The van der Waals surface area contributed by atoms with Crippen LogP contribution in [0.4, 0.5) is 0 Å². The van der Waals surface area contributed by atoms with E-state index in [1.165, 1.54) is 0 Å². The van der Waals surface area contributed by atoms with Crippen LogP contribution in [0.1, 0.15) is 18.0 Å². The second-order valence-corrected chi connectivity index (χ2v) is 7.39. The number of nitrogens with zero attached hydrogens (tertiary/aromatic N) is 2. The van der Waals surface area contributed by atoms with Crippen molar-refractivity contribution in [2.24, 2.45) is 0 Å². The first-order valence-electron chi connectivity index (χ1n) is 7.65. The smallest absolute Gasteiger partial charge is 0.260 e. The first-order valence-corrected chi connectivity index (χ1v) is 9.22. The molecule has 1 atom stereocenters. The van der Waals surface area contributed by atoms with E-state index in [4.69, 9.17) is 27.9 Å². The number of hydrogen-bond acceptors (Lipinski definition) is 4. The Kier molecular flexibility index (Phi) is 5.47. The Hall–Kier alpha value is -1.82. The number of rotatable bonds is 5. The van der Waals surface area contributed by atoms with E-state index in [9.17, 15) is 4.79 Å². The van der Waals surface area contributed by atoms with E-state index >= 15 is 0 Å². The van der Waals surface area contributed by atoms with Crippen LogP contribution in [0.15, 0.2) is 42.5 Å². The van der Waals surface area contributed by atoms with Crippen molar-refractivity contribution < 1.29 is 9.53 Å². The van der Waals surface area contributed by atoms with Crippen LogP contribution in [0.5, 0.6) is 5.75 Å². The normalized spacial score (nSPS) is 12.2. The first kappa shape index (κ1) is 18.0. The highest BCUT2D eigenvalue weighted by molar-refractivity contribution is 7.18. The number of ether oxygens (including phenoxy) is 1. The average molecular weight is 395 g/mol. The molecule has 0 N–H and O–H groups in total. The molecule has 0 aliphatic rings. The van der Waals surface area contributed by atoms with Gasteiger partial charge < -0.3 is 9.64 Å². The number of thiazole rings is 1. The molecule has 0 saturated heterocycles. The van der Waals surface area contributed by atoms with Crippen molar-refractivity contribution in [2.75, 3.05) is 13.7 Å². The fourth-order valence-corrected chi connectivity index (χ4v) is 3.70. The summed E-state index contributed by atoms with van der Waals surface area (Å²) in [6.45, 7) is 1.83. The number of carbonyl (C=O) groups excluding carboxylic acids is 1. The maximum absolute atomic E-state index is 12.4. The summed E-state index contributed by atoms with van der Waals surface area (Å²) in [4.78, 5) is 18.7. The lowest BCUT2D eigenvalue weighted by atomic mass is 10.3. The summed E-state index contributed by atoms with van der Waals surface area (Å²) in [7, 11) is 1.74. The molecule has 3 rings (SSSR count). The lowest BCUT2D eigenvalue weighted by Crippen LogP contribution is -2.33. The Bertz CT molecular complexity index is 880. The SMILES string of the molecule is C[C@@H](c1nc2ccccc2s1)N(C)C(=O)COc1cccc(Cl)c1Cl. The van der Waals surface area contributed by atoms with Crippen LogP contribution in [-0.2, 0) is 4.79 Å². The molecule has 0 aliphatic carbocycles. The molecule has 0 spiro atoms. The van der Waals surface area contributed by atoms with Gasteiger partial charge in [0.05, 0.1) is 21.3 Å². The molecule has 0 radical (unpaired) electrons. The summed E-state index contributed by atoms with van der Waals surface area (Å²) in [5, 5.41) is 1.58. The molecule has 1 heterocycles. The van der Waals surface area contributed by atoms with Gasteiger partial charge in [-0.1, -0.05) is 41.4 Å². The first-order chi connectivity index (χ1) is 12.0. The van der Waals surface area contributed by atoms with Gasteiger partial charge in [0.1, 0.15) is 15.8 Å². The van der Waals surface area contributed by atoms with E-state index in [1.54, 1.807) is 41.5 Å². The van der Waals surface area contributed by atoms with E-state index in [2.05, 4.69) is 4.98 Å². The van der Waals surface area contributed by atoms with Gasteiger partial charge in [-0.2, -0.15) is 0 Å². The Morgan fingerprint density at radius 1 is 1.24 bits per heavy atom. The third-order valence-electron chi connectivity index (χ3n) is 3.91. The number of carbonyl (C=O) groups is 1. The minimum absolute atomic E-state index is 0.119. The molecule has 7 heteroatoms. The monoisotopic (exact) mass is 394 g/mol. The van der Waals surface area contributed by atoms with E-state index in [1.807, 2.05) is 31.2 Å². The Morgan fingerprint density at radius 3 is 2.76 bits per heavy atom. The molecule has 2 aromatic carbocycles. The Labute approximate surface area is 159 Å². The molecule has 0 unspecified atom stereocenters. The number of aromatic nitrogens is 1. The molecule has 0 fully saturated rings. The lowest BCUT2D eigenvalue weighted by Gasteiger charge is -2.23. The molecule has 3 aromatic rings. The molecular formula is C18H16Cl2N2O2S. The summed E-state index contributed by atoms with van der Waals surface area (Å²) in [5.41, 5.74) is 0.942. The average Bonchev–Trinajstić information content (AvgIpc) is 3.05. The highest BCUT2D eigenvalue weighted by Gasteiger charge is 2.21. The van der Waals surface area contributed by atoms with Crippen LogP contribution in [0.3, 0.4) is 0 Å². The van der Waals surface area contributed by atoms with Crippen molar-refractivity contribution in [1.82, 2.24) is 9.88 Å². The van der Waals surface area contributed by atoms with Crippen molar-refractivity contribution in [3.8, 4) is 5.75 Å². The zero-order valence-electron chi connectivity index (χ0n) is 13.7. The largest absolute Gasteiger partial charge is 0.482 e. The lowest BCUT2D eigenvalue weighted by molar-refractivity contribution is -0.134. The predicted molar refractivity (Wildman–Crippen MR) is 103 cm³/mol. The standard InChI is InChI=1S/C18H16Cl2N2O2S/c1-11(18-21-13-7-3-4-9-15(13)25-18)22(2)16(23)10-24-14-8-5-6-12(19)17(14)20/h3-9,11H,10H2,1-2H3/t11-/m0/s1. The van der Waals surface area contributed by atoms with Gasteiger partial charge in [0.25, 0.3) is 5.91 Å². The van der Waals surface area contributed by atoms with Gasteiger partial charge in [0, 0.05) is 7.05 Å². The number of benzene rings is 2. The van der Waals surface area contributed by atoms with Crippen LogP contribution in [-0.4, -0.2) is 29.4 Å². The van der Waals surface area contributed by atoms with Crippen LogP contribution >= 0.6 is 34.5 Å². The highest BCUT2D eigenvalue weighted by Crippen LogP contribution is 2.32. The Balaban J connectivity index is 1.68. The number of amides is 1. The van der Waals surface area contributed by atoms with Crippen LogP contribution in [0, 0.1) is 0 Å². The van der Waals surface area contributed by atoms with Crippen LogP contribution < -0.4 is 4.74 Å². The second-order valence-electron chi connectivity index (χ2n) is 5.54. The van der Waals surface area contributed by atoms with E-state index < -0.39 is 0 Å². The van der Waals surface area contributed by atoms with Gasteiger partial charge in [-0.3, -0.25) is 4.79 Å². The summed E-state index contributed by atoms with van der Waals surface area (Å²) in [5.74, 6) is 0.228. The fraction of sp³-hybridized carbons (Fsp3) is 0.222. The van der Waals surface area contributed by atoms with Gasteiger partial charge >= 0.3 is 0 Å². The van der Waals surface area contributed by atoms with Crippen LogP contribution in [0.2, 0.25) is 10.0 Å². The van der Waals surface area contributed by atoms with Gasteiger partial charge in [-0.05, 0) is 31.2 Å². The third-order valence-corrected chi connectivity index (χ3v) is 5.92. The van der Waals surface area contributed by atoms with Crippen molar-refractivity contribution in [1.29, 1.82) is 0 Å².